The van der Waals surface area contributed by atoms with Gasteiger partial charge in [-0.25, -0.2) is 9.78 Å². The first-order valence-electron chi connectivity index (χ1n) is 7.17. The highest BCUT2D eigenvalue weighted by molar-refractivity contribution is 5.86. The third-order valence-electron chi connectivity index (χ3n) is 3.77. The molecule has 1 aromatic rings. The minimum atomic E-state index is -0.544. The molecule has 1 aromatic heterocycles. The van der Waals surface area contributed by atoms with Gasteiger partial charge in [-0.05, 0) is 33.6 Å². The third-order valence-corrected chi connectivity index (χ3v) is 3.77. The Bertz CT molecular complexity index is 526. The van der Waals surface area contributed by atoms with Gasteiger partial charge in [0.25, 0.3) is 0 Å². The van der Waals surface area contributed by atoms with Crippen LogP contribution < -0.4 is 0 Å². The number of ether oxygens (including phenoxy) is 1. The van der Waals surface area contributed by atoms with Crippen molar-refractivity contribution in [2.45, 2.75) is 52.1 Å². The molecule has 116 valence electrons. The van der Waals surface area contributed by atoms with E-state index in [0.29, 0.717) is 5.89 Å². The maximum absolute atomic E-state index is 12.5. The van der Waals surface area contributed by atoms with E-state index < -0.39 is 5.97 Å². The smallest absolute Gasteiger partial charge is 0.360 e. The summed E-state index contributed by atoms with van der Waals surface area (Å²) >= 11 is 0. The summed E-state index contributed by atoms with van der Waals surface area (Å²) in [5, 5.41) is 0. The van der Waals surface area contributed by atoms with Crippen molar-refractivity contribution in [3.63, 3.8) is 0 Å². The van der Waals surface area contributed by atoms with E-state index in [9.17, 15) is 9.59 Å². The Balaban J connectivity index is 2.13. The first-order chi connectivity index (χ1) is 9.82. The molecule has 6 heteroatoms. The minimum absolute atomic E-state index is 0.110. The summed E-state index contributed by atoms with van der Waals surface area (Å²) in [4.78, 5) is 29.8. The van der Waals surface area contributed by atoms with E-state index in [4.69, 9.17) is 4.42 Å². The number of esters is 1. The van der Waals surface area contributed by atoms with E-state index in [-0.39, 0.29) is 29.6 Å². The van der Waals surface area contributed by atoms with Gasteiger partial charge in [-0.3, -0.25) is 4.79 Å². The molecule has 1 amide bonds. The second kappa shape index (κ2) is 5.87. The number of carbonyl (C=O) groups excluding carboxylic acids is 2. The summed E-state index contributed by atoms with van der Waals surface area (Å²) < 4.78 is 9.88. The van der Waals surface area contributed by atoms with Gasteiger partial charge in [0.2, 0.25) is 11.8 Å². The largest absolute Gasteiger partial charge is 0.464 e. The number of nitrogens with zero attached hydrogens (tertiary/aromatic N) is 2. The first kappa shape index (κ1) is 15.5. The van der Waals surface area contributed by atoms with E-state index in [0.717, 1.165) is 19.3 Å². The van der Waals surface area contributed by atoms with Crippen molar-refractivity contribution in [1.82, 2.24) is 9.88 Å². The van der Waals surface area contributed by atoms with Gasteiger partial charge in [-0.2, -0.15) is 0 Å². The Morgan fingerprint density at radius 3 is 2.57 bits per heavy atom. The Hall–Kier alpha value is -1.85. The van der Waals surface area contributed by atoms with Crippen molar-refractivity contribution in [3.05, 3.63) is 17.8 Å². The molecule has 2 rings (SSSR count). The van der Waals surface area contributed by atoms with Gasteiger partial charge in [0, 0.05) is 11.5 Å². The van der Waals surface area contributed by atoms with Crippen LogP contribution >= 0.6 is 0 Å². The minimum Gasteiger partial charge on any atom is -0.464 e. The normalized spacial score (nSPS) is 15.4. The zero-order chi connectivity index (χ0) is 15.6. The standard InChI is InChI=1S/C15H22N2O4/c1-15(2,3)17(13(18)10-6-5-7-10)8-12-16-11(9-21-12)14(19)20-4/h9-10H,5-8H2,1-4H3. The lowest BCUT2D eigenvalue weighted by Gasteiger charge is -2.39. The van der Waals surface area contributed by atoms with Gasteiger partial charge in [-0.15, -0.1) is 0 Å². The molecule has 0 bridgehead atoms. The van der Waals surface area contributed by atoms with Gasteiger partial charge < -0.3 is 14.1 Å². The Kier molecular flexibility index (Phi) is 4.34. The van der Waals surface area contributed by atoms with E-state index in [1.807, 2.05) is 20.8 Å². The molecule has 0 N–H and O–H groups in total. The van der Waals surface area contributed by atoms with Crippen LogP contribution in [0.4, 0.5) is 0 Å². The first-order valence-corrected chi connectivity index (χ1v) is 7.17. The molecule has 6 nitrogen and oxygen atoms in total. The zero-order valence-electron chi connectivity index (χ0n) is 13.0. The highest BCUT2D eigenvalue weighted by Crippen LogP contribution is 2.31. The summed E-state index contributed by atoms with van der Waals surface area (Å²) in [5.74, 6) is 0.0430. The van der Waals surface area contributed by atoms with Crippen LogP contribution in [0, 0.1) is 5.92 Å². The molecule has 1 heterocycles. The number of rotatable bonds is 4. The van der Waals surface area contributed by atoms with Crippen LogP contribution in [0.15, 0.2) is 10.7 Å². The molecule has 0 aromatic carbocycles. The summed E-state index contributed by atoms with van der Waals surface area (Å²) in [5.41, 5.74) is -0.204. The van der Waals surface area contributed by atoms with Crippen molar-refractivity contribution in [1.29, 1.82) is 0 Å². The lowest BCUT2D eigenvalue weighted by Crippen LogP contribution is -2.49. The van der Waals surface area contributed by atoms with Crippen LogP contribution in [0.3, 0.4) is 0 Å². The average molecular weight is 294 g/mol. The van der Waals surface area contributed by atoms with E-state index in [1.165, 1.54) is 13.4 Å². The molecule has 0 atom stereocenters. The molecule has 1 aliphatic carbocycles. The van der Waals surface area contributed by atoms with Crippen LogP contribution in [0.2, 0.25) is 0 Å². The SMILES string of the molecule is COC(=O)c1coc(CN(C(=O)C2CCC2)C(C)(C)C)n1. The molecule has 0 aliphatic heterocycles. The van der Waals surface area contributed by atoms with E-state index >= 15 is 0 Å². The van der Waals surface area contributed by atoms with Gasteiger partial charge >= 0.3 is 5.97 Å². The Morgan fingerprint density at radius 1 is 1.43 bits per heavy atom. The van der Waals surface area contributed by atoms with Crippen LogP contribution in [0.25, 0.3) is 0 Å². The number of carbonyl (C=O) groups is 2. The Labute approximate surface area is 124 Å². The lowest BCUT2D eigenvalue weighted by molar-refractivity contribution is -0.144. The summed E-state index contributed by atoms with van der Waals surface area (Å²) in [6.07, 6.45) is 4.27. The molecule has 1 saturated carbocycles. The lowest BCUT2D eigenvalue weighted by atomic mass is 9.83. The van der Waals surface area contributed by atoms with Crippen molar-refractivity contribution in [3.8, 4) is 0 Å². The van der Waals surface area contributed by atoms with E-state index in [1.54, 1.807) is 4.90 Å². The number of hydrogen-bond donors (Lipinski definition) is 0. The molecule has 0 unspecified atom stereocenters. The summed E-state index contributed by atoms with van der Waals surface area (Å²) in [6.45, 7) is 6.20. The number of oxazole rings is 1. The number of aromatic nitrogens is 1. The molecule has 21 heavy (non-hydrogen) atoms. The molecule has 0 saturated heterocycles. The van der Waals surface area contributed by atoms with Crippen LogP contribution in [0.1, 0.15) is 56.4 Å². The van der Waals surface area contributed by atoms with Crippen molar-refractivity contribution in [2.75, 3.05) is 7.11 Å². The third kappa shape index (κ3) is 3.43. The predicted molar refractivity (Wildman–Crippen MR) is 75.5 cm³/mol. The maximum Gasteiger partial charge on any atom is 0.360 e. The predicted octanol–water partition coefficient (Wildman–Crippen LogP) is 2.39. The van der Waals surface area contributed by atoms with Crippen molar-refractivity contribution in [2.24, 2.45) is 5.92 Å². The molecular weight excluding hydrogens is 272 g/mol. The van der Waals surface area contributed by atoms with Crippen LogP contribution in [-0.4, -0.2) is 34.4 Å². The Morgan fingerprint density at radius 2 is 2.10 bits per heavy atom. The topological polar surface area (TPSA) is 72.6 Å². The fourth-order valence-electron chi connectivity index (χ4n) is 2.24. The molecule has 0 spiro atoms. The fourth-order valence-corrected chi connectivity index (χ4v) is 2.24. The summed E-state index contributed by atoms with van der Waals surface area (Å²) in [6, 6.07) is 0. The molecular formula is C15H22N2O4. The fraction of sp³-hybridized carbons (Fsp3) is 0.667. The second-order valence-electron chi connectivity index (χ2n) is 6.34. The van der Waals surface area contributed by atoms with Gasteiger partial charge in [0.1, 0.15) is 6.26 Å². The summed E-state index contributed by atoms with van der Waals surface area (Å²) in [7, 11) is 1.29. The molecule has 1 fully saturated rings. The van der Waals surface area contributed by atoms with Crippen molar-refractivity contribution < 1.29 is 18.7 Å². The van der Waals surface area contributed by atoms with Gasteiger partial charge in [0.15, 0.2) is 5.69 Å². The van der Waals surface area contributed by atoms with Crippen molar-refractivity contribution >= 4 is 11.9 Å². The quantitative estimate of drug-likeness (QED) is 0.797. The molecule has 0 radical (unpaired) electrons. The number of hydrogen-bond acceptors (Lipinski definition) is 5. The van der Waals surface area contributed by atoms with Gasteiger partial charge in [0.05, 0.1) is 13.7 Å². The maximum atomic E-state index is 12.5. The monoisotopic (exact) mass is 294 g/mol. The zero-order valence-corrected chi connectivity index (χ0v) is 13.0. The van der Waals surface area contributed by atoms with Gasteiger partial charge in [-0.1, -0.05) is 6.42 Å². The van der Waals surface area contributed by atoms with Crippen LogP contribution in [0.5, 0.6) is 0 Å². The average Bonchev–Trinajstić information content (AvgIpc) is 2.79. The number of amides is 1. The highest BCUT2D eigenvalue weighted by Gasteiger charge is 2.35. The number of methoxy groups -OCH3 is 1. The molecule has 1 aliphatic rings. The van der Waals surface area contributed by atoms with Crippen LogP contribution in [-0.2, 0) is 16.1 Å². The highest BCUT2D eigenvalue weighted by atomic mass is 16.5. The second-order valence-corrected chi connectivity index (χ2v) is 6.34. The van der Waals surface area contributed by atoms with E-state index in [2.05, 4.69) is 9.72 Å².